The van der Waals surface area contributed by atoms with E-state index in [1.807, 2.05) is 12.4 Å². The molecule has 0 amide bonds. The summed E-state index contributed by atoms with van der Waals surface area (Å²) < 4.78 is 0. The van der Waals surface area contributed by atoms with E-state index in [9.17, 15) is 0 Å². The molecule has 2 rings (SSSR count). The molecule has 2 heterocycles. The van der Waals surface area contributed by atoms with Crippen LogP contribution < -0.4 is 5.32 Å². The van der Waals surface area contributed by atoms with Crippen LogP contribution in [0.1, 0.15) is 31.4 Å². The maximum Gasteiger partial charge on any atom is 0.0534 e. The van der Waals surface area contributed by atoms with Crippen LogP contribution in [0.5, 0.6) is 0 Å². The molecule has 1 fully saturated rings. The predicted octanol–water partition coefficient (Wildman–Crippen LogP) is 1.40. The van der Waals surface area contributed by atoms with E-state index in [4.69, 9.17) is 0 Å². The van der Waals surface area contributed by atoms with Gasteiger partial charge in [0.25, 0.3) is 0 Å². The lowest BCUT2D eigenvalue weighted by Crippen LogP contribution is -2.35. The molecular formula is C12H22N4. The normalized spacial score (nSPS) is 21.1. The molecule has 0 saturated carbocycles. The predicted molar refractivity (Wildman–Crippen MR) is 65.2 cm³/mol. The number of H-pyrrole nitrogens is 1. The van der Waals surface area contributed by atoms with E-state index in [0.717, 1.165) is 12.5 Å². The van der Waals surface area contributed by atoms with Gasteiger partial charge < -0.3 is 10.2 Å². The van der Waals surface area contributed by atoms with Crippen molar-refractivity contribution in [2.75, 3.05) is 26.7 Å². The van der Waals surface area contributed by atoms with Crippen molar-refractivity contribution in [1.82, 2.24) is 20.4 Å². The number of hydrogen-bond acceptors (Lipinski definition) is 3. The molecule has 0 spiro atoms. The molecule has 0 aromatic carbocycles. The summed E-state index contributed by atoms with van der Waals surface area (Å²) in [6.07, 6.45) is 6.50. The molecule has 16 heavy (non-hydrogen) atoms. The average Bonchev–Trinajstić information content (AvgIpc) is 2.81. The zero-order valence-corrected chi connectivity index (χ0v) is 10.2. The number of nitrogens with zero attached hydrogens (tertiary/aromatic N) is 2. The molecule has 1 saturated heterocycles. The minimum atomic E-state index is 0.401. The van der Waals surface area contributed by atoms with Crippen molar-refractivity contribution < 1.29 is 0 Å². The van der Waals surface area contributed by atoms with E-state index in [-0.39, 0.29) is 0 Å². The number of piperidine rings is 1. The highest BCUT2D eigenvalue weighted by atomic mass is 15.1. The van der Waals surface area contributed by atoms with Crippen LogP contribution in [-0.4, -0.2) is 41.8 Å². The summed E-state index contributed by atoms with van der Waals surface area (Å²) in [5.74, 6) is 0.838. The Morgan fingerprint density at radius 3 is 2.94 bits per heavy atom. The van der Waals surface area contributed by atoms with Gasteiger partial charge in [0.15, 0.2) is 0 Å². The largest absolute Gasteiger partial charge is 0.310 e. The van der Waals surface area contributed by atoms with Crippen LogP contribution in [0.25, 0.3) is 0 Å². The van der Waals surface area contributed by atoms with E-state index in [2.05, 4.69) is 34.4 Å². The molecule has 1 aromatic heterocycles. The maximum absolute atomic E-state index is 3.98. The Balaban J connectivity index is 1.71. The van der Waals surface area contributed by atoms with Crippen molar-refractivity contribution in [1.29, 1.82) is 0 Å². The minimum absolute atomic E-state index is 0.401. The van der Waals surface area contributed by atoms with Gasteiger partial charge in [-0.1, -0.05) is 0 Å². The van der Waals surface area contributed by atoms with Gasteiger partial charge in [0.2, 0.25) is 0 Å². The summed E-state index contributed by atoms with van der Waals surface area (Å²) in [5.41, 5.74) is 1.24. The Kier molecular flexibility index (Phi) is 3.96. The van der Waals surface area contributed by atoms with Crippen molar-refractivity contribution in [3.05, 3.63) is 18.0 Å². The molecule has 0 bridgehead atoms. The van der Waals surface area contributed by atoms with Crippen LogP contribution in [0, 0.1) is 5.92 Å². The topological polar surface area (TPSA) is 44.0 Å². The Hall–Kier alpha value is -0.870. The molecule has 0 radical (unpaired) electrons. The summed E-state index contributed by atoms with van der Waals surface area (Å²) in [6, 6.07) is 0.401. The van der Waals surface area contributed by atoms with E-state index >= 15 is 0 Å². The van der Waals surface area contributed by atoms with Crippen molar-refractivity contribution in [2.45, 2.75) is 25.8 Å². The molecule has 4 heteroatoms. The summed E-state index contributed by atoms with van der Waals surface area (Å²) in [5, 5.41) is 10.4. The van der Waals surface area contributed by atoms with Crippen LogP contribution in [0.15, 0.2) is 12.4 Å². The van der Waals surface area contributed by atoms with Gasteiger partial charge in [0, 0.05) is 17.8 Å². The van der Waals surface area contributed by atoms with E-state index in [0.29, 0.717) is 6.04 Å². The third-order valence-corrected chi connectivity index (χ3v) is 3.57. The molecule has 2 N–H and O–H groups in total. The Morgan fingerprint density at radius 2 is 2.31 bits per heavy atom. The first kappa shape index (κ1) is 11.6. The van der Waals surface area contributed by atoms with Crippen LogP contribution in [0.3, 0.4) is 0 Å². The molecule has 1 atom stereocenters. The third kappa shape index (κ3) is 3.06. The van der Waals surface area contributed by atoms with E-state index in [1.54, 1.807) is 0 Å². The summed E-state index contributed by atoms with van der Waals surface area (Å²) in [7, 11) is 2.21. The van der Waals surface area contributed by atoms with Crippen LogP contribution in [0.2, 0.25) is 0 Å². The third-order valence-electron chi connectivity index (χ3n) is 3.57. The Morgan fingerprint density at radius 1 is 1.56 bits per heavy atom. The highest BCUT2D eigenvalue weighted by Crippen LogP contribution is 2.17. The Labute approximate surface area is 97.4 Å². The molecule has 0 aliphatic carbocycles. The number of aromatic amines is 1. The second kappa shape index (κ2) is 5.46. The lowest BCUT2D eigenvalue weighted by atomic mass is 9.97. The van der Waals surface area contributed by atoms with Crippen LogP contribution in [-0.2, 0) is 0 Å². The monoisotopic (exact) mass is 222 g/mol. The molecule has 1 aromatic rings. The first-order valence-corrected chi connectivity index (χ1v) is 6.16. The quantitative estimate of drug-likeness (QED) is 0.809. The standard InChI is InChI=1S/C12H22N4/c1-10(12-8-14-15-9-12)13-7-11-3-5-16(2)6-4-11/h8-11,13H,3-7H2,1-2H3,(H,14,15). The molecule has 1 aliphatic heterocycles. The fourth-order valence-electron chi connectivity index (χ4n) is 2.23. The number of likely N-dealkylation sites (tertiary alicyclic amines) is 1. The number of hydrogen-bond donors (Lipinski definition) is 2. The zero-order valence-electron chi connectivity index (χ0n) is 10.2. The van der Waals surface area contributed by atoms with Gasteiger partial charge in [0.1, 0.15) is 0 Å². The van der Waals surface area contributed by atoms with Crippen LogP contribution >= 0.6 is 0 Å². The number of aromatic nitrogens is 2. The lowest BCUT2D eigenvalue weighted by Gasteiger charge is -2.29. The molecule has 4 nitrogen and oxygen atoms in total. The lowest BCUT2D eigenvalue weighted by molar-refractivity contribution is 0.213. The van der Waals surface area contributed by atoms with Gasteiger partial charge in [-0.25, -0.2) is 0 Å². The second-order valence-corrected chi connectivity index (χ2v) is 4.91. The second-order valence-electron chi connectivity index (χ2n) is 4.91. The summed E-state index contributed by atoms with van der Waals surface area (Å²) in [6.45, 7) is 5.80. The van der Waals surface area contributed by atoms with Crippen molar-refractivity contribution in [2.24, 2.45) is 5.92 Å². The molecule has 1 aliphatic rings. The van der Waals surface area contributed by atoms with Gasteiger partial charge >= 0.3 is 0 Å². The molecule has 1 unspecified atom stereocenters. The number of rotatable bonds is 4. The summed E-state index contributed by atoms with van der Waals surface area (Å²) >= 11 is 0. The summed E-state index contributed by atoms with van der Waals surface area (Å²) in [4.78, 5) is 2.41. The molecule has 90 valence electrons. The van der Waals surface area contributed by atoms with Gasteiger partial charge in [-0.05, 0) is 52.4 Å². The SMILES string of the molecule is CC(NCC1CCN(C)CC1)c1cn[nH]c1. The minimum Gasteiger partial charge on any atom is -0.310 e. The van der Waals surface area contributed by atoms with Crippen molar-refractivity contribution in [3.63, 3.8) is 0 Å². The van der Waals surface area contributed by atoms with Gasteiger partial charge in [-0.2, -0.15) is 5.10 Å². The van der Waals surface area contributed by atoms with Gasteiger partial charge in [0.05, 0.1) is 6.20 Å². The maximum atomic E-state index is 3.98. The van der Waals surface area contributed by atoms with Gasteiger partial charge in [-0.15, -0.1) is 0 Å². The van der Waals surface area contributed by atoms with Crippen molar-refractivity contribution >= 4 is 0 Å². The zero-order chi connectivity index (χ0) is 11.4. The average molecular weight is 222 g/mol. The fraction of sp³-hybridized carbons (Fsp3) is 0.750. The smallest absolute Gasteiger partial charge is 0.0534 e. The highest BCUT2D eigenvalue weighted by molar-refractivity contribution is 5.07. The first-order valence-electron chi connectivity index (χ1n) is 6.16. The van der Waals surface area contributed by atoms with Crippen LogP contribution in [0.4, 0.5) is 0 Å². The Bertz CT molecular complexity index is 288. The first-order chi connectivity index (χ1) is 7.75. The van der Waals surface area contributed by atoms with Gasteiger partial charge in [-0.3, -0.25) is 5.10 Å². The van der Waals surface area contributed by atoms with E-state index < -0.39 is 0 Å². The molecular weight excluding hydrogens is 200 g/mol. The number of nitrogens with one attached hydrogen (secondary N) is 2. The van der Waals surface area contributed by atoms with E-state index in [1.165, 1.54) is 31.5 Å². The highest BCUT2D eigenvalue weighted by Gasteiger charge is 2.17. The fourth-order valence-corrected chi connectivity index (χ4v) is 2.23. The van der Waals surface area contributed by atoms with Crippen molar-refractivity contribution in [3.8, 4) is 0 Å².